The highest BCUT2D eigenvalue weighted by atomic mass is 32.2. The average Bonchev–Trinajstić information content (AvgIpc) is 2.14. The van der Waals surface area contributed by atoms with E-state index in [1.54, 1.807) is 0 Å². The van der Waals surface area contributed by atoms with E-state index in [1.165, 1.54) is 0 Å². The summed E-state index contributed by atoms with van der Waals surface area (Å²) in [5.74, 6) is 0. The van der Waals surface area contributed by atoms with E-state index in [2.05, 4.69) is 16.9 Å². The van der Waals surface area contributed by atoms with Crippen LogP contribution in [-0.4, -0.2) is 4.98 Å². The minimum Gasteiger partial charge on any atom is -0.205 e. The molecule has 2 heteroatoms. The molecular formula is C6H8NS+. The van der Waals surface area contributed by atoms with Crippen molar-refractivity contribution in [3.8, 4) is 0 Å². The second-order valence-corrected chi connectivity index (χ2v) is 3.17. The van der Waals surface area contributed by atoms with Gasteiger partial charge in [-0.3, -0.25) is 0 Å². The van der Waals surface area contributed by atoms with Crippen molar-refractivity contribution in [1.82, 2.24) is 4.98 Å². The van der Waals surface area contributed by atoms with Gasteiger partial charge >= 0.3 is 0 Å². The van der Waals surface area contributed by atoms with E-state index in [9.17, 15) is 0 Å². The van der Waals surface area contributed by atoms with Crippen molar-refractivity contribution >= 4 is 15.9 Å². The van der Waals surface area contributed by atoms with Gasteiger partial charge < -0.3 is 0 Å². The van der Waals surface area contributed by atoms with Crippen LogP contribution in [0.25, 0.3) is 5.41 Å². The van der Waals surface area contributed by atoms with Crippen molar-refractivity contribution in [3.63, 3.8) is 0 Å². The lowest BCUT2D eigenvalue weighted by Crippen LogP contribution is -1.59. The number of aryl methyl sites for hydroxylation is 1. The third-order valence-electron chi connectivity index (χ3n) is 0.877. The number of nitrogens with zero attached hydrogens (tertiary/aromatic N) is 1. The molecule has 0 bridgehead atoms. The van der Waals surface area contributed by atoms with Gasteiger partial charge in [-0.25, -0.2) is 4.98 Å². The molecule has 0 spiro atoms. The highest BCUT2D eigenvalue weighted by molar-refractivity contribution is 7.38. The summed E-state index contributed by atoms with van der Waals surface area (Å²) in [6.45, 7) is 5.65. The normalized spacial score (nSPS) is 11.4. The number of hydrogen-bond donors (Lipinski definition) is 0. The molecule has 1 heterocycles. The van der Waals surface area contributed by atoms with E-state index >= 15 is 0 Å². The van der Waals surface area contributed by atoms with Crippen LogP contribution < -0.4 is 0 Å². The van der Waals surface area contributed by atoms with Crippen LogP contribution in [0.2, 0.25) is 0 Å². The number of rotatable bonds is 1. The van der Waals surface area contributed by atoms with Gasteiger partial charge in [0.1, 0.15) is 5.41 Å². The van der Waals surface area contributed by atoms with Crippen molar-refractivity contribution in [1.29, 1.82) is 0 Å². The molecule has 0 aliphatic heterocycles. The fourth-order valence-electron chi connectivity index (χ4n) is 0.493. The van der Waals surface area contributed by atoms with E-state index < -0.39 is 0 Å². The molecule has 1 rings (SSSR count). The summed E-state index contributed by atoms with van der Waals surface area (Å²) in [4.78, 5) is 4.07. The average molecular weight is 126 g/mol. The SMILES string of the molecule is C=C[s+]1cnc(C)c1. The lowest BCUT2D eigenvalue weighted by atomic mass is 10.6. The molecule has 1 unspecified atom stereocenters. The van der Waals surface area contributed by atoms with Crippen LogP contribution in [0.15, 0.2) is 17.5 Å². The van der Waals surface area contributed by atoms with Crippen molar-refractivity contribution in [2.45, 2.75) is 6.92 Å². The predicted octanol–water partition coefficient (Wildman–Crippen LogP) is 2.24. The Hall–Kier alpha value is -0.630. The number of thiazole rings is 1. The molecule has 42 valence electrons. The highest BCUT2D eigenvalue weighted by Gasteiger charge is 1.97. The number of hydrogen-bond acceptors (Lipinski definition) is 1. The molecule has 0 saturated heterocycles. The summed E-state index contributed by atoms with van der Waals surface area (Å²) in [6, 6.07) is 0. The molecular weight excluding hydrogens is 118 g/mol. The van der Waals surface area contributed by atoms with Crippen molar-refractivity contribution in [3.05, 3.63) is 23.2 Å². The van der Waals surface area contributed by atoms with Crippen molar-refractivity contribution in [2.24, 2.45) is 0 Å². The molecule has 1 aromatic rings. The van der Waals surface area contributed by atoms with Crippen LogP contribution in [0.5, 0.6) is 0 Å². The quantitative estimate of drug-likeness (QED) is 0.526. The van der Waals surface area contributed by atoms with Crippen LogP contribution >= 0.6 is 10.5 Å². The van der Waals surface area contributed by atoms with Crippen LogP contribution in [0, 0.1) is 6.92 Å². The topological polar surface area (TPSA) is 12.9 Å². The Morgan fingerprint density at radius 3 is 2.88 bits per heavy atom. The minimum atomic E-state index is 0.146. The second kappa shape index (κ2) is 2.09. The van der Waals surface area contributed by atoms with E-state index in [1.807, 2.05) is 17.8 Å². The summed E-state index contributed by atoms with van der Waals surface area (Å²) in [5.41, 5.74) is 3.02. The van der Waals surface area contributed by atoms with E-state index in [0.717, 1.165) is 5.69 Å². The maximum Gasteiger partial charge on any atom is 0.234 e. The third-order valence-corrected chi connectivity index (χ3v) is 2.22. The first-order valence-corrected chi connectivity index (χ1v) is 3.80. The van der Waals surface area contributed by atoms with Gasteiger partial charge in [0, 0.05) is 10.5 Å². The monoisotopic (exact) mass is 126 g/mol. The predicted molar refractivity (Wildman–Crippen MR) is 37.8 cm³/mol. The lowest BCUT2D eigenvalue weighted by Gasteiger charge is -1.62. The van der Waals surface area contributed by atoms with E-state index in [4.69, 9.17) is 0 Å². The first-order valence-electron chi connectivity index (χ1n) is 2.39. The molecule has 8 heavy (non-hydrogen) atoms. The molecule has 0 amide bonds. The van der Waals surface area contributed by atoms with Gasteiger partial charge in [-0.05, 0) is 13.5 Å². The van der Waals surface area contributed by atoms with Crippen LogP contribution in [-0.2, 0) is 0 Å². The minimum absolute atomic E-state index is 0.146. The maximum atomic E-state index is 4.07. The first-order chi connectivity index (χ1) is 3.83. The summed E-state index contributed by atoms with van der Waals surface area (Å²) < 4.78 is 0. The Kier molecular flexibility index (Phi) is 1.44. The zero-order chi connectivity index (χ0) is 5.98. The van der Waals surface area contributed by atoms with Gasteiger partial charge in [0.25, 0.3) is 0 Å². The second-order valence-electron chi connectivity index (χ2n) is 1.57. The fourth-order valence-corrected chi connectivity index (χ4v) is 1.48. The summed E-state index contributed by atoms with van der Waals surface area (Å²) in [7, 11) is 0.146. The van der Waals surface area contributed by atoms with Crippen LogP contribution in [0.3, 0.4) is 0 Å². The Labute approximate surface area is 51.7 Å². The molecule has 0 aliphatic carbocycles. The maximum absolute atomic E-state index is 4.07. The summed E-state index contributed by atoms with van der Waals surface area (Å²) >= 11 is 0. The van der Waals surface area contributed by atoms with Gasteiger partial charge in [0.2, 0.25) is 5.51 Å². The number of aromatic nitrogens is 1. The Bertz CT molecular complexity index is 190. The Morgan fingerprint density at radius 1 is 1.88 bits per heavy atom. The van der Waals surface area contributed by atoms with Gasteiger partial charge in [-0.2, -0.15) is 0 Å². The van der Waals surface area contributed by atoms with Crippen molar-refractivity contribution in [2.75, 3.05) is 0 Å². The Balaban J connectivity index is 3.00. The van der Waals surface area contributed by atoms with E-state index in [-0.39, 0.29) is 10.5 Å². The highest BCUT2D eigenvalue weighted by Crippen LogP contribution is 2.17. The largest absolute Gasteiger partial charge is 0.234 e. The zero-order valence-corrected chi connectivity index (χ0v) is 5.61. The zero-order valence-electron chi connectivity index (χ0n) is 4.79. The van der Waals surface area contributed by atoms with Gasteiger partial charge in [-0.1, -0.05) is 0 Å². The molecule has 1 atom stereocenters. The molecule has 1 nitrogen and oxygen atoms in total. The molecule has 0 saturated carbocycles. The van der Waals surface area contributed by atoms with Crippen LogP contribution in [0.1, 0.15) is 5.69 Å². The summed E-state index contributed by atoms with van der Waals surface area (Å²) in [5, 5.41) is 4.01. The first kappa shape index (κ1) is 5.51. The molecule has 0 radical (unpaired) electrons. The Morgan fingerprint density at radius 2 is 2.62 bits per heavy atom. The molecule has 0 fully saturated rings. The smallest absolute Gasteiger partial charge is 0.205 e. The standard InChI is InChI=1S/C6H8NS/c1-3-8-4-6(2)7-5-8/h3-5H,1H2,2H3/q+1. The van der Waals surface area contributed by atoms with Gasteiger partial charge in [0.15, 0.2) is 5.38 Å². The summed E-state index contributed by atoms with van der Waals surface area (Å²) in [6.07, 6.45) is 0. The molecule has 0 N–H and O–H groups in total. The van der Waals surface area contributed by atoms with Crippen LogP contribution in [0.4, 0.5) is 0 Å². The van der Waals surface area contributed by atoms with Crippen molar-refractivity contribution < 1.29 is 0 Å². The van der Waals surface area contributed by atoms with E-state index in [0.29, 0.717) is 0 Å². The van der Waals surface area contributed by atoms with Gasteiger partial charge in [-0.15, -0.1) is 0 Å². The molecule has 1 aromatic heterocycles. The molecule has 0 aliphatic rings. The third kappa shape index (κ3) is 0.954. The fraction of sp³-hybridized carbons (Fsp3) is 0.167. The van der Waals surface area contributed by atoms with Gasteiger partial charge in [0.05, 0.1) is 5.69 Å². The lowest BCUT2D eigenvalue weighted by molar-refractivity contribution is 1.27. The molecule has 0 aromatic carbocycles.